The maximum atomic E-state index is 14.2. The molecule has 0 spiro atoms. The fraction of sp³-hybridized carbons (Fsp3) is 0.426. The van der Waals surface area contributed by atoms with Gasteiger partial charge in [-0.15, -0.1) is 21.5 Å². The lowest BCUT2D eigenvalue weighted by atomic mass is 9.85. The van der Waals surface area contributed by atoms with Gasteiger partial charge in [0.15, 0.2) is 17.3 Å². The minimum atomic E-state index is -1.05. The lowest BCUT2D eigenvalue weighted by molar-refractivity contribution is -0.145. The molecule has 6 amide bonds. The fourth-order valence-electron chi connectivity index (χ4n) is 9.31. The second kappa shape index (κ2) is 25.8. The largest absolute Gasteiger partial charge is 0.482 e. The lowest BCUT2D eigenvalue weighted by Crippen LogP contribution is -2.60. The summed E-state index contributed by atoms with van der Waals surface area (Å²) >= 11 is 13.9. The highest BCUT2D eigenvalue weighted by atomic mass is 35.5. The summed E-state index contributed by atoms with van der Waals surface area (Å²) in [5.41, 5.74) is 10.6. The number of nitrogen functional groups attached to an aromatic ring is 1. The maximum absolute atomic E-state index is 14.2. The molecule has 2 aliphatic rings. The van der Waals surface area contributed by atoms with Crippen LogP contribution in [0.15, 0.2) is 72.2 Å². The molecule has 5 aromatic rings. The molecule has 3 aromatic carbocycles. The number of benzene rings is 3. The van der Waals surface area contributed by atoms with Crippen molar-refractivity contribution in [3.05, 3.63) is 116 Å². The van der Waals surface area contributed by atoms with E-state index in [0.29, 0.717) is 11.3 Å². The zero-order valence-corrected chi connectivity index (χ0v) is 46.5. The molecule has 0 saturated carbocycles. The van der Waals surface area contributed by atoms with Gasteiger partial charge in [-0.1, -0.05) is 68.2 Å². The second-order valence-electron chi connectivity index (χ2n) is 20.3. The van der Waals surface area contributed by atoms with E-state index in [2.05, 4.69) is 31.1 Å². The number of ether oxygens (including phenoxy) is 3. The molecule has 0 aliphatic carbocycles. The van der Waals surface area contributed by atoms with Gasteiger partial charge in [-0.05, 0) is 80.6 Å². The van der Waals surface area contributed by atoms with E-state index in [1.165, 1.54) is 17.0 Å². The van der Waals surface area contributed by atoms with Crippen LogP contribution in [0.5, 0.6) is 5.75 Å². The van der Waals surface area contributed by atoms with E-state index in [0.717, 1.165) is 27.8 Å². The molecule has 2 aliphatic heterocycles. The number of aliphatic hydroxyl groups excluding tert-OH is 1. The van der Waals surface area contributed by atoms with Gasteiger partial charge >= 0.3 is 0 Å². The van der Waals surface area contributed by atoms with Crippen LogP contribution < -0.4 is 26.4 Å². The SMILES string of the molecule is Cc1ncsc1-c1ccc(CNC(=O)[C@@H]2C[C@@H](O)CN2C(=O)C(NC(=O)COCCOCC(=O)N2[C@H](C)CN(C(=O)c3ccc(NC(=O)c4cc(O[C@H](C)c5c(Cl)ccc(F)c5Cl)c(N)nn4)cc3)C[C@@H]2C)C(C)(C)C)cc1. The number of likely N-dealkylation sites (tertiary alicyclic amines) is 1. The van der Waals surface area contributed by atoms with Crippen LogP contribution in [0.4, 0.5) is 15.9 Å². The summed E-state index contributed by atoms with van der Waals surface area (Å²) in [5, 5.41) is 26.6. The molecule has 20 nitrogen and oxygen atoms in total. The number of carbonyl (C=O) groups excluding carboxylic acids is 6. The van der Waals surface area contributed by atoms with Crippen molar-refractivity contribution in [2.24, 2.45) is 5.41 Å². The van der Waals surface area contributed by atoms with Crippen LogP contribution in [-0.2, 0) is 35.2 Å². The number of aliphatic hydroxyl groups is 1. The van der Waals surface area contributed by atoms with Crippen LogP contribution in [0.2, 0.25) is 10.0 Å². The van der Waals surface area contributed by atoms with Gasteiger partial charge in [0.25, 0.3) is 11.8 Å². The van der Waals surface area contributed by atoms with Gasteiger partial charge in [0.05, 0.1) is 40.4 Å². The molecule has 2 aromatic heterocycles. The Morgan fingerprint density at radius 3 is 2.23 bits per heavy atom. The first-order valence-corrected chi connectivity index (χ1v) is 26.8. The van der Waals surface area contributed by atoms with Crippen molar-refractivity contribution in [3.8, 4) is 16.2 Å². The monoisotopic (exact) mass is 1130 g/mol. The van der Waals surface area contributed by atoms with Crippen molar-refractivity contribution >= 4 is 81.5 Å². The number of aromatic nitrogens is 3. The number of β-amino-alcohol motifs (C(OH)–C–C–N with tert-alkyl or cyclic N) is 1. The number of halogens is 3. The number of anilines is 2. The van der Waals surface area contributed by atoms with Gasteiger partial charge in [0.2, 0.25) is 23.6 Å². The lowest BCUT2D eigenvalue weighted by Gasteiger charge is -2.44. The average Bonchev–Trinajstić information content (AvgIpc) is 4.10. The first kappa shape index (κ1) is 58.9. The number of piperazine rings is 1. The third kappa shape index (κ3) is 14.5. The third-order valence-corrected chi connectivity index (χ3v) is 14.9. The van der Waals surface area contributed by atoms with Crippen LogP contribution in [0.25, 0.3) is 10.4 Å². The Hall–Kier alpha value is -6.82. The van der Waals surface area contributed by atoms with E-state index in [1.807, 2.05) is 45.0 Å². The standard InChI is InChI=1S/C54H63Cl2FN10O10S/c1-29-23-65(52(73)35-12-14-36(15-13-35)61-50(71)40-21-42(49(58)64-63-40)77-32(4)45-38(55)16-17-39(57)46(45)56)24-30(2)67(29)44(70)27-76-19-18-75-26-43(69)62-48(54(5,6)7)53(74)66-25-37(68)20-41(66)51(72)59-22-33-8-10-34(11-9-33)47-31(3)60-28-78-47/h8-17,21,28-30,32,37,41,48,68H,18-20,22-27H2,1-7H3,(H2,58,64)(H,59,72)(H,61,71)(H,62,69)/t29-,30+,32-,37-,41+,48?/m1/s1. The Kier molecular flexibility index (Phi) is 19.4. The van der Waals surface area contributed by atoms with Crippen LogP contribution in [-0.4, -0.2) is 147 Å². The second-order valence-corrected chi connectivity index (χ2v) is 21.9. The summed E-state index contributed by atoms with van der Waals surface area (Å²) in [4.78, 5) is 90.9. The predicted octanol–water partition coefficient (Wildman–Crippen LogP) is 6.23. The van der Waals surface area contributed by atoms with Crippen LogP contribution in [0, 0.1) is 18.2 Å². The minimum Gasteiger partial charge on any atom is -0.482 e. The predicted molar refractivity (Wildman–Crippen MR) is 291 cm³/mol. The number of hydrogen-bond donors (Lipinski definition) is 5. The van der Waals surface area contributed by atoms with Crippen molar-refractivity contribution in [3.63, 3.8) is 0 Å². The molecule has 7 rings (SSSR count). The maximum Gasteiger partial charge on any atom is 0.276 e. The number of nitrogens with two attached hydrogens (primary N) is 1. The summed E-state index contributed by atoms with van der Waals surface area (Å²) < 4.78 is 31.2. The summed E-state index contributed by atoms with van der Waals surface area (Å²) in [6, 6.07) is 15.1. The zero-order chi connectivity index (χ0) is 56.6. The molecule has 0 radical (unpaired) electrons. The molecule has 4 heterocycles. The number of carbonyl (C=O) groups is 6. The number of rotatable bonds is 19. The van der Waals surface area contributed by atoms with Crippen molar-refractivity contribution in [1.82, 2.24) is 40.5 Å². The van der Waals surface area contributed by atoms with Gasteiger partial charge in [0, 0.05) is 72.6 Å². The topological polar surface area (TPSA) is 261 Å². The molecule has 6 N–H and O–H groups in total. The highest BCUT2D eigenvalue weighted by Gasteiger charge is 2.44. The Morgan fingerprint density at radius 1 is 0.923 bits per heavy atom. The van der Waals surface area contributed by atoms with Gasteiger partial charge in [-0.2, -0.15) is 0 Å². The number of nitrogens with one attached hydrogen (secondary N) is 3. The Balaban J connectivity index is 0.819. The highest BCUT2D eigenvalue weighted by Crippen LogP contribution is 2.36. The van der Waals surface area contributed by atoms with Crippen molar-refractivity contribution in [1.29, 1.82) is 0 Å². The van der Waals surface area contributed by atoms with E-state index in [4.69, 9.17) is 43.1 Å². The molecule has 24 heteroatoms. The van der Waals surface area contributed by atoms with Gasteiger partial charge in [-0.3, -0.25) is 28.8 Å². The van der Waals surface area contributed by atoms with E-state index >= 15 is 0 Å². The van der Waals surface area contributed by atoms with E-state index < -0.39 is 65.8 Å². The molecule has 6 atom stereocenters. The highest BCUT2D eigenvalue weighted by molar-refractivity contribution is 7.13. The number of aryl methyl sites for hydroxylation is 1. The Bertz CT molecular complexity index is 2990. The molecular formula is C54H63Cl2FN10O10S. The minimum absolute atomic E-state index is 0.0109. The van der Waals surface area contributed by atoms with Crippen LogP contribution in [0.1, 0.15) is 91.7 Å². The smallest absolute Gasteiger partial charge is 0.276 e. The first-order valence-electron chi connectivity index (χ1n) is 25.2. The molecule has 2 saturated heterocycles. The van der Waals surface area contributed by atoms with E-state index in [9.17, 15) is 38.3 Å². The molecule has 2 fully saturated rings. The average molecular weight is 1130 g/mol. The summed E-state index contributed by atoms with van der Waals surface area (Å²) in [5.74, 6) is -3.53. The van der Waals surface area contributed by atoms with Crippen molar-refractivity contribution in [2.45, 2.75) is 97.8 Å². The Morgan fingerprint density at radius 2 is 1.59 bits per heavy atom. The number of thiazole rings is 1. The molecule has 1 unspecified atom stereocenters. The first-order chi connectivity index (χ1) is 37.0. The quantitative estimate of drug-likeness (QED) is 0.0454. The summed E-state index contributed by atoms with van der Waals surface area (Å²) in [6.07, 6.45) is -1.75. The van der Waals surface area contributed by atoms with Gasteiger partial charge < -0.3 is 55.7 Å². The number of amides is 6. The van der Waals surface area contributed by atoms with Gasteiger partial charge in [-0.25, -0.2) is 9.37 Å². The fourth-order valence-corrected chi connectivity index (χ4v) is 10.8. The molecule has 78 heavy (non-hydrogen) atoms. The normalized spacial score (nSPS) is 18.3. The van der Waals surface area contributed by atoms with Crippen molar-refractivity contribution in [2.75, 3.05) is 57.1 Å². The number of nitrogens with zero attached hydrogens (tertiary/aromatic N) is 6. The van der Waals surface area contributed by atoms with E-state index in [1.54, 1.807) is 78.6 Å². The Labute approximate surface area is 465 Å². The van der Waals surface area contributed by atoms with Crippen LogP contribution in [0.3, 0.4) is 0 Å². The molecular weight excluding hydrogens is 1070 g/mol. The molecule has 416 valence electrons. The molecule has 0 bridgehead atoms. The van der Waals surface area contributed by atoms with Crippen LogP contribution >= 0.6 is 34.5 Å². The van der Waals surface area contributed by atoms with E-state index in [-0.39, 0.29) is 109 Å². The van der Waals surface area contributed by atoms with Crippen molar-refractivity contribution < 1.29 is 52.5 Å². The van der Waals surface area contributed by atoms with Gasteiger partial charge in [0.1, 0.15) is 37.2 Å². The third-order valence-electron chi connectivity index (χ3n) is 13.2. The summed E-state index contributed by atoms with van der Waals surface area (Å²) in [6.45, 7) is 12.5. The summed E-state index contributed by atoms with van der Waals surface area (Å²) in [7, 11) is 0. The number of hydrogen-bond acceptors (Lipinski definition) is 15. The zero-order valence-electron chi connectivity index (χ0n) is 44.2.